The molecule has 1 aliphatic rings. The average molecular weight is 274 g/mol. The van der Waals surface area contributed by atoms with E-state index in [0.717, 1.165) is 25.7 Å². The van der Waals surface area contributed by atoms with E-state index in [9.17, 15) is 10.2 Å². The highest BCUT2D eigenvalue weighted by Crippen LogP contribution is 2.18. The molecule has 4 atom stereocenters. The molecule has 0 aromatic heterocycles. The second-order valence-electron chi connectivity index (χ2n) is 4.82. The Balaban J connectivity index is 2.14. The molecule has 3 N–H and O–H groups in total. The molecule has 1 aliphatic heterocycles. The third-order valence-electron chi connectivity index (χ3n) is 3.27. The SMILES string of the molecule is CC/C=C/CCCCO[C@@H]1CO[C@@H](CO)[C@H](O)[C@H]1O. The number of rotatable bonds is 8. The van der Waals surface area contributed by atoms with E-state index in [2.05, 4.69) is 19.1 Å². The van der Waals surface area contributed by atoms with Crippen molar-refractivity contribution < 1.29 is 24.8 Å². The van der Waals surface area contributed by atoms with Gasteiger partial charge in [-0.3, -0.25) is 0 Å². The van der Waals surface area contributed by atoms with Gasteiger partial charge in [-0.25, -0.2) is 0 Å². The van der Waals surface area contributed by atoms with Gasteiger partial charge in [0.15, 0.2) is 0 Å². The van der Waals surface area contributed by atoms with Crippen molar-refractivity contribution in [2.75, 3.05) is 19.8 Å². The molecule has 19 heavy (non-hydrogen) atoms. The Hall–Kier alpha value is -0.460. The maximum atomic E-state index is 9.83. The summed E-state index contributed by atoms with van der Waals surface area (Å²) in [5.74, 6) is 0. The second-order valence-corrected chi connectivity index (χ2v) is 4.82. The van der Waals surface area contributed by atoms with E-state index in [1.807, 2.05) is 0 Å². The average Bonchev–Trinajstić information content (AvgIpc) is 2.42. The molecule has 1 saturated heterocycles. The Bertz CT molecular complexity index is 256. The fourth-order valence-electron chi connectivity index (χ4n) is 2.05. The lowest BCUT2D eigenvalue weighted by Gasteiger charge is -2.36. The monoisotopic (exact) mass is 274 g/mol. The Kier molecular flexibility index (Phi) is 8.25. The molecule has 0 amide bonds. The van der Waals surface area contributed by atoms with Crippen LogP contribution >= 0.6 is 0 Å². The molecular weight excluding hydrogens is 248 g/mol. The van der Waals surface area contributed by atoms with Crippen molar-refractivity contribution >= 4 is 0 Å². The van der Waals surface area contributed by atoms with Gasteiger partial charge >= 0.3 is 0 Å². The summed E-state index contributed by atoms with van der Waals surface area (Å²) < 4.78 is 10.8. The van der Waals surface area contributed by atoms with Crippen molar-refractivity contribution in [3.63, 3.8) is 0 Å². The number of hydrogen-bond acceptors (Lipinski definition) is 5. The molecule has 0 aromatic carbocycles. The summed E-state index contributed by atoms with van der Waals surface area (Å²) in [5.41, 5.74) is 0. The molecule has 0 unspecified atom stereocenters. The van der Waals surface area contributed by atoms with Crippen LogP contribution in [0, 0.1) is 0 Å². The summed E-state index contributed by atoms with van der Waals surface area (Å²) in [6.45, 7) is 2.56. The maximum absolute atomic E-state index is 9.83. The van der Waals surface area contributed by atoms with Gasteiger partial charge in [-0.1, -0.05) is 19.1 Å². The van der Waals surface area contributed by atoms with Crippen LogP contribution in [-0.2, 0) is 9.47 Å². The van der Waals surface area contributed by atoms with Crippen LogP contribution < -0.4 is 0 Å². The van der Waals surface area contributed by atoms with Crippen LogP contribution in [0.2, 0.25) is 0 Å². The molecule has 0 aromatic rings. The quantitative estimate of drug-likeness (QED) is 0.447. The van der Waals surface area contributed by atoms with E-state index >= 15 is 0 Å². The van der Waals surface area contributed by atoms with E-state index in [1.54, 1.807) is 0 Å². The number of ether oxygens (including phenoxy) is 2. The van der Waals surface area contributed by atoms with Gasteiger partial charge in [-0.2, -0.15) is 0 Å². The first-order valence-electron chi connectivity index (χ1n) is 7.05. The van der Waals surface area contributed by atoms with E-state index in [1.165, 1.54) is 0 Å². The summed E-state index contributed by atoms with van der Waals surface area (Å²) in [7, 11) is 0. The lowest BCUT2D eigenvalue weighted by Crippen LogP contribution is -2.55. The first kappa shape index (κ1) is 16.6. The van der Waals surface area contributed by atoms with Crippen molar-refractivity contribution in [2.45, 2.75) is 57.0 Å². The van der Waals surface area contributed by atoms with Crippen molar-refractivity contribution in [1.82, 2.24) is 0 Å². The van der Waals surface area contributed by atoms with Gasteiger partial charge in [0.25, 0.3) is 0 Å². The zero-order chi connectivity index (χ0) is 14.1. The summed E-state index contributed by atoms with van der Waals surface area (Å²) >= 11 is 0. The standard InChI is InChI=1S/C14H26O5/c1-2-3-4-5-6-7-8-18-12-10-19-11(9-15)13(16)14(12)17/h3-4,11-17H,2,5-10H2,1H3/b4-3+/t11-,12+,13-,14-/m0/s1. The number of unbranched alkanes of at least 4 members (excludes halogenated alkanes) is 2. The van der Waals surface area contributed by atoms with Gasteiger partial charge in [-0.15, -0.1) is 0 Å². The number of aliphatic hydroxyl groups is 3. The third-order valence-corrected chi connectivity index (χ3v) is 3.27. The van der Waals surface area contributed by atoms with Crippen LogP contribution in [-0.4, -0.2) is 59.6 Å². The molecule has 0 saturated carbocycles. The predicted octanol–water partition coefficient (Wildman–Crippen LogP) is 0.621. The van der Waals surface area contributed by atoms with E-state index in [-0.39, 0.29) is 13.2 Å². The number of allylic oxidation sites excluding steroid dienone is 2. The van der Waals surface area contributed by atoms with Crippen LogP contribution in [0.25, 0.3) is 0 Å². The van der Waals surface area contributed by atoms with Crippen LogP contribution in [0.1, 0.15) is 32.6 Å². The fourth-order valence-corrected chi connectivity index (χ4v) is 2.05. The zero-order valence-corrected chi connectivity index (χ0v) is 11.6. The van der Waals surface area contributed by atoms with E-state index < -0.39 is 24.4 Å². The highest BCUT2D eigenvalue weighted by atomic mass is 16.6. The number of aliphatic hydroxyl groups excluding tert-OH is 3. The van der Waals surface area contributed by atoms with Crippen molar-refractivity contribution in [3.05, 3.63) is 12.2 Å². The zero-order valence-electron chi connectivity index (χ0n) is 11.6. The summed E-state index contributed by atoms with van der Waals surface area (Å²) in [5, 5.41) is 28.5. The molecule has 1 rings (SSSR count). The molecule has 0 bridgehead atoms. The molecule has 5 heteroatoms. The fraction of sp³-hybridized carbons (Fsp3) is 0.857. The summed E-state index contributed by atoms with van der Waals surface area (Å²) in [6.07, 6.45) is 5.06. The van der Waals surface area contributed by atoms with E-state index in [0.29, 0.717) is 6.61 Å². The minimum absolute atomic E-state index is 0.208. The van der Waals surface area contributed by atoms with Gasteiger partial charge in [-0.05, 0) is 25.7 Å². The summed E-state index contributed by atoms with van der Waals surface area (Å²) in [6, 6.07) is 0. The maximum Gasteiger partial charge on any atom is 0.111 e. The van der Waals surface area contributed by atoms with Crippen LogP contribution in [0.3, 0.4) is 0 Å². The largest absolute Gasteiger partial charge is 0.394 e. The highest BCUT2D eigenvalue weighted by Gasteiger charge is 2.38. The van der Waals surface area contributed by atoms with Crippen LogP contribution in [0.5, 0.6) is 0 Å². The minimum Gasteiger partial charge on any atom is -0.394 e. The topological polar surface area (TPSA) is 79.2 Å². The highest BCUT2D eigenvalue weighted by molar-refractivity contribution is 4.87. The third kappa shape index (κ3) is 5.58. The molecule has 0 radical (unpaired) electrons. The van der Waals surface area contributed by atoms with Crippen molar-refractivity contribution in [3.8, 4) is 0 Å². The molecular formula is C14H26O5. The molecule has 5 nitrogen and oxygen atoms in total. The minimum atomic E-state index is -1.09. The van der Waals surface area contributed by atoms with Crippen molar-refractivity contribution in [2.24, 2.45) is 0 Å². The number of hydrogen-bond donors (Lipinski definition) is 3. The van der Waals surface area contributed by atoms with Crippen LogP contribution in [0.15, 0.2) is 12.2 Å². The normalized spacial score (nSPS) is 32.0. The molecule has 1 fully saturated rings. The predicted molar refractivity (Wildman–Crippen MR) is 71.9 cm³/mol. The lowest BCUT2D eigenvalue weighted by molar-refractivity contribution is -0.208. The first-order valence-corrected chi connectivity index (χ1v) is 7.05. The summed E-state index contributed by atoms with van der Waals surface area (Å²) in [4.78, 5) is 0. The van der Waals surface area contributed by atoms with Gasteiger partial charge in [0, 0.05) is 6.61 Å². The van der Waals surface area contributed by atoms with E-state index in [4.69, 9.17) is 14.6 Å². The molecule has 0 spiro atoms. The Labute approximate surface area is 114 Å². The first-order chi connectivity index (χ1) is 9.20. The Morgan fingerprint density at radius 3 is 2.68 bits per heavy atom. The lowest BCUT2D eigenvalue weighted by atomic mass is 10.0. The van der Waals surface area contributed by atoms with Gasteiger partial charge in [0.2, 0.25) is 0 Å². The van der Waals surface area contributed by atoms with Crippen molar-refractivity contribution in [1.29, 1.82) is 0 Å². The van der Waals surface area contributed by atoms with Crippen LogP contribution in [0.4, 0.5) is 0 Å². The molecule has 1 heterocycles. The van der Waals surface area contributed by atoms with Gasteiger partial charge in [0.1, 0.15) is 24.4 Å². The second kappa shape index (κ2) is 9.44. The Morgan fingerprint density at radius 1 is 1.21 bits per heavy atom. The smallest absolute Gasteiger partial charge is 0.111 e. The van der Waals surface area contributed by atoms with Gasteiger partial charge in [0.05, 0.1) is 13.2 Å². The molecule has 112 valence electrons. The Morgan fingerprint density at radius 2 is 2.00 bits per heavy atom. The van der Waals surface area contributed by atoms with Gasteiger partial charge < -0.3 is 24.8 Å². The molecule has 0 aliphatic carbocycles.